The normalized spacial score (nSPS) is 20.9. The second-order valence-electron chi connectivity index (χ2n) is 11.9. The quantitative estimate of drug-likeness (QED) is 0.503. The van der Waals surface area contributed by atoms with E-state index < -0.39 is 21.6 Å². The van der Waals surface area contributed by atoms with Gasteiger partial charge in [0.25, 0.3) is 5.91 Å². The Hall–Kier alpha value is -2.95. The number of aromatic nitrogens is 1. The lowest BCUT2D eigenvalue weighted by atomic mass is 9.86. The number of amides is 2. The Bertz CT molecular complexity index is 1560. The molecule has 1 atom stereocenters. The van der Waals surface area contributed by atoms with E-state index >= 15 is 0 Å². The summed E-state index contributed by atoms with van der Waals surface area (Å²) in [6.45, 7) is 10.9. The minimum absolute atomic E-state index is 0.0539. The van der Waals surface area contributed by atoms with Gasteiger partial charge in [0.15, 0.2) is 11.3 Å². The Labute approximate surface area is 233 Å². The number of sulfonamides is 1. The van der Waals surface area contributed by atoms with Crippen molar-refractivity contribution in [3.8, 4) is 11.3 Å². The van der Waals surface area contributed by atoms with Crippen LogP contribution in [0, 0.1) is 0 Å². The van der Waals surface area contributed by atoms with E-state index in [1.54, 1.807) is 15.9 Å². The highest BCUT2D eigenvalue weighted by Crippen LogP contribution is 2.36. The van der Waals surface area contributed by atoms with Crippen molar-refractivity contribution in [1.82, 2.24) is 19.5 Å². The van der Waals surface area contributed by atoms with Crippen LogP contribution in [-0.4, -0.2) is 72.0 Å². The van der Waals surface area contributed by atoms with Crippen LogP contribution in [0.15, 0.2) is 40.8 Å². The number of hydrogen-bond acceptors (Lipinski definition) is 6. The highest BCUT2D eigenvalue weighted by molar-refractivity contribution is 7.89. The first-order valence-corrected chi connectivity index (χ1v) is 15.0. The number of carbonyl (C=O) groups excluding carboxylic acids is 2. The Kier molecular flexibility index (Phi) is 6.80. The van der Waals surface area contributed by atoms with Crippen molar-refractivity contribution in [1.29, 1.82) is 0 Å². The van der Waals surface area contributed by atoms with E-state index in [4.69, 9.17) is 21.0 Å². The molecule has 2 fully saturated rings. The standard InChI is InChI=1S/C28H33ClN4O5S/c1-27(2,3)19-14-21(17-6-8-18(29)9-7-17)30-22-15-23(38-24(19)22)26(35)33-12-11-32(16-28(33,4)5)25(34)20-10-13-39(36,37)31-20/h6-9,14-15,20,31H,10-13,16H2,1-5H3/t20-/m1/s1. The number of rotatable bonds is 3. The molecule has 0 spiro atoms. The highest BCUT2D eigenvalue weighted by atomic mass is 35.5. The summed E-state index contributed by atoms with van der Waals surface area (Å²) < 4.78 is 32.2. The van der Waals surface area contributed by atoms with Crippen molar-refractivity contribution in [2.75, 3.05) is 25.4 Å². The molecule has 3 aromatic rings. The molecule has 9 nitrogen and oxygen atoms in total. The third-order valence-corrected chi connectivity index (χ3v) is 9.06. The van der Waals surface area contributed by atoms with Gasteiger partial charge >= 0.3 is 0 Å². The molecule has 2 amide bonds. The molecule has 1 aromatic carbocycles. The van der Waals surface area contributed by atoms with Gasteiger partial charge in [0.05, 0.1) is 17.0 Å². The first-order chi connectivity index (χ1) is 18.1. The zero-order chi connectivity index (χ0) is 28.3. The van der Waals surface area contributed by atoms with E-state index in [1.807, 2.05) is 44.2 Å². The Morgan fingerprint density at radius 3 is 2.41 bits per heavy atom. The lowest BCUT2D eigenvalue weighted by Gasteiger charge is -2.47. The summed E-state index contributed by atoms with van der Waals surface area (Å²) in [6.07, 6.45) is 0.251. The molecule has 39 heavy (non-hydrogen) atoms. The molecule has 0 saturated carbocycles. The lowest BCUT2D eigenvalue weighted by Crippen LogP contribution is -2.63. The molecule has 0 unspecified atom stereocenters. The minimum atomic E-state index is -3.40. The van der Waals surface area contributed by atoms with Crippen molar-refractivity contribution < 1.29 is 22.4 Å². The third-order valence-electron chi connectivity index (χ3n) is 7.39. The molecule has 11 heteroatoms. The van der Waals surface area contributed by atoms with Crippen molar-refractivity contribution in [3.63, 3.8) is 0 Å². The molecular formula is C28H33ClN4O5S. The molecule has 0 bridgehead atoms. The number of nitrogens with zero attached hydrogens (tertiary/aromatic N) is 3. The molecule has 4 heterocycles. The Morgan fingerprint density at radius 1 is 1.13 bits per heavy atom. The van der Waals surface area contributed by atoms with E-state index in [-0.39, 0.29) is 41.7 Å². The summed E-state index contributed by atoms with van der Waals surface area (Å²) in [5.41, 5.74) is 2.81. The maximum atomic E-state index is 13.8. The molecule has 2 aliphatic heterocycles. The number of pyridine rings is 1. The number of benzene rings is 1. The predicted molar refractivity (Wildman–Crippen MR) is 150 cm³/mol. The molecule has 208 valence electrons. The summed E-state index contributed by atoms with van der Waals surface area (Å²) in [7, 11) is -3.40. The molecule has 2 aliphatic rings. The lowest BCUT2D eigenvalue weighted by molar-refractivity contribution is -0.137. The van der Waals surface area contributed by atoms with E-state index in [9.17, 15) is 18.0 Å². The van der Waals surface area contributed by atoms with Crippen molar-refractivity contribution in [2.45, 2.75) is 58.0 Å². The van der Waals surface area contributed by atoms with Gasteiger partial charge in [-0.05, 0) is 43.9 Å². The van der Waals surface area contributed by atoms with E-state index in [0.29, 0.717) is 29.2 Å². The smallest absolute Gasteiger partial charge is 0.290 e. The number of halogens is 1. The molecule has 2 saturated heterocycles. The van der Waals surface area contributed by atoms with Crippen LogP contribution in [-0.2, 0) is 20.2 Å². The predicted octanol–water partition coefficient (Wildman–Crippen LogP) is 4.20. The SMILES string of the molecule is CC(C)(C)c1cc(-c2ccc(Cl)cc2)nc2cc(C(=O)N3CCN(C(=O)[C@H]4CCS(=O)(=O)N4)CC3(C)C)oc12. The van der Waals surface area contributed by atoms with Crippen LogP contribution >= 0.6 is 11.6 Å². The maximum Gasteiger partial charge on any atom is 0.290 e. The average molecular weight is 573 g/mol. The van der Waals surface area contributed by atoms with Crippen LogP contribution in [0.5, 0.6) is 0 Å². The second-order valence-corrected chi connectivity index (χ2v) is 14.3. The van der Waals surface area contributed by atoms with Gasteiger partial charge in [-0.15, -0.1) is 0 Å². The topological polar surface area (TPSA) is 113 Å². The van der Waals surface area contributed by atoms with Gasteiger partial charge in [-0.1, -0.05) is 44.5 Å². The summed E-state index contributed by atoms with van der Waals surface area (Å²) in [5.74, 6) is -0.400. The third kappa shape index (κ3) is 5.42. The summed E-state index contributed by atoms with van der Waals surface area (Å²) in [6, 6.07) is 10.4. The minimum Gasteiger partial charge on any atom is -0.449 e. The zero-order valence-corrected chi connectivity index (χ0v) is 24.3. The Balaban J connectivity index is 1.43. The van der Waals surface area contributed by atoms with Crippen LogP contribution in [0.3, 0.4) is 0 Å². The fourth-order valence-corrected chi connectivity index (χ4v) is 6.75. The molecule has 0 aliphatic carbocycles. The van der Waals surface area contributed by atoms with Gasteiger partial charge < -0.3 is 14.2 Å². The number of fused-ring (bicyclic) bond motifs is 1. The summed E-state index contributed by atoms with van der Waals surface area (Å²) in [4.78, 5) is 34.9. The van der Waals surface area contributed by atoms with Crippen LogP contribution in [0.4, 0.5) is 0 Å². The van der Waals surface area contributed by atoms with E-state index in [1.165, 1.54) is 0 Å². The van der Waals surface area contributed by atoms with Gasteiger partial charge in [-0.2, -0.15) is 0 Å². The molecule has 2 aromatic heterocycles. The zero-order valence-electron chi connectivity index (χ0n) is 22.7. The number of piperazine rings is 1. The van der Waals surface area contributed by atoms with Gasteiger partial charge in [0, 0.05) is 41.9 Å². The molecular weight excluding hydrogens is 540 g/mol. The number of carbonyl (C=O) groups is 2. The largest absolute Gasteiger partial charge is 0.449 e. The van der Waals surface area contributed by atoms with Crippen LogP contribution in [0.1, 0.15) is 57.2 Å². The molecule has 0 radical (unpaired) electrons. The van der Waals surface area contributed by atoms with Gasteiger partial charge in [-0.3, -0.25) is 9.59 Å². The number of nitrogens with one attached hydrogen (secondary N) is 1. The van der Waals surface area contributed by atoms with E-state index in [0.717, 1.165) is 16.8 Å². The van der Waals surface area contributed by atoms with Gasteiger partial charge in [0.1, 0.15) is 11.6 Å². The maximum absolute atomic E-state index is 13.8. The van der Waals surface area contributed by atoms with E-state index in [2.05, 4.69) is 25.5 Å². The highest BCUT2D eigenvalue weighted by Gasteiger charge is 2.43. The van der Waals surface area contributed by atoms with Crippen molar-refractivity contribution in [3.05, 3.63) is 52.7 Å². The summed E-state index contributed by atoms with van der Waals surface area (Å²) in [5, 5.41) is 0.640. The van der Waals surface area contributed by atoms with Crippen LogP contribution in [0.2, 0.25) is 5.02 Å². The fraction of sp³-hybridized carbons (Fsp3) is 0.464. The number of hydrogen-bond donors (Lipinski definition) is 1. The monoisotopic (exact) mass is 572 g/mol. The fourth-order valence-electron chi connectivity index (χ4n) is 5.31. The average Bonchev–Trinajstić information content (AvgIpc) is 3.44. The van der Waals surface area contributed by atoms with Crippen molar-refractivity contribution in [2.24, 2.45) is 0 Å². The van der Waals surface area contributed by atoms with Crippen LogP contribution < -0.4 is 4.72 Å². The van der Waals surface area contributed by atoms with Gasteiger partial charge in [0.2, 0.25) is 15.9 Å². The first kappa shape index (κ1) is 27.6. The molecule has 1 N–H and O–H groups in total. The van der Waals surface area contributed by atoms with Gasteiger partial charge in [-0.25, -0.2) is 18.1 Å². The first-order valence-electron chi connectivity index (χ1n) is 13.0. The second kappa shape index (κ2) is 9.60. The summed E-state index contributed by atoms with van der Waals surface area (Å²) >= 11 is 6.08. The van der Waals surface area contributed by atoms with Crippen molar-refractivity contribution >= 4 is 44.5 Å². The molecule has 5 rings (SSSR count). The Morgan fingerprint density at radius 2 is 1.82 bits per heavy atom. The number of furan rings is 1. The van der Waals surface area contributed by atoms with Crippen LogP contribution in [0.25, 0.3) is 22.4 Å².